The van der Waals surface area contributed by atoms with Gasteiger partial charge in [-0.1, -0.05) is 29.3 Å². The lowest BCUT2D eigenvalue weighted by Gasteiger charge is -2.49. The predicted octanol–water partition coefficient (Wildman–Crippen LogP) is 5.42. The second kappa shape index (κ2) is 11.4. The van der Waals surface area contributed by atoms with E-state index in [2.05, 4.69) is 0 Å². The van der Waals surface area contributed by atoms with E-state index in [0.717, 1.165) is 28.0 Å². The minimum Gasteiger partial charge on any atom is -0.507 e. The fourth-order valence-electron chi connectivity index (χ4n) is 8.34. The highest BCUT2D eigenvalue weighted by Crippen LogP contribution is 2.64. The topological polar surface area (TPSA) is 162 Å². The van der Waals surface area contributed by atoms with Gasteiger partial charge in [0.05, 0.1) is 46.2 Å². The van der Waals surface area contributed by atoms with Gasteiger partial charge in [0.15, 0.2) is 11.5 Å². The van der Waals surface area contributed by atoms with Gasteiger partial charge in [-0.25, -0.2) is 19.0 Å². The van der Waals surface area contributed by atoms with Crippen molar-refractivity contribution in [2.24, 2.45) is 29.1 Å². The van der Waals surface area contributed by atoms with Crippen molar-refractivity contribution in [1.82, 2.24) is 0 Å². The van der Waals surface area contributed by atoms with Gasteiger partial charge in [-0.3, -0.25) is 19.2 Å². The average molecular weight is 689 g/mol. The first-order valence-electron chi connectivity index (χ1n) is 15.7. The number of amides is 4. The molecule has 0 aromatic heterocycles. The number of fused-ring (bicyclic) bond motifs is 4. The first-order chi connectivity index (χ1) is 23.3. The number of carbonyl (C=O) groups excluding carboxylic acids is 4. The van der Waals surface area contributed by atoms with Gasteiger partial charge in [-0.05, 0) is 80.6 Å². The third-order valence-electron chi connectivity index (χ3n) is 10.5. The van der Waals surface area contributed by atoms with E-state index in [9.17, 15) is 43.7 Å². The van der Waals surface area contributed by atoms with Crippen molar-refractivity contribution < 1.29 is 48.4 Å². The standard InChI is InChI=1S/C36H30ClFN2O9/c1-3-49-28-12-16(4-11-26(28)41)30-19-8-9-21-29(33(45)39(31(21)43)18-5-7-20(34(46)47)27(42)14-18)22(19)15-23-32(44)40(35(48)36(23,30)2)17-6-10-25(38)24(37)13-17/h4-8,10-14,21-23,29-30,41-42H,3,9,15H2,1-2H3,(H,46,47)/t21-,22+,23-,29-,30-,36+/m0/s1. The summed E-state index contributed by atoms with van der Waals surface area (Å²) in [6, 6.07) is 11.7. The Kier molecular flexibility index (Phi) is 7.55. The number of hydrogen-bond acceptors (Lipinski definition) is 8. The van der Waals surface area contributed by atoms with Crippen LogP contribution in [0.1, 0.15) is 48.5 Å². The number of ether oxygens (including phenoxy) is 1. The zero-order chi connectivity index (χ0) is 35.1. The van der Waals surface area contributed by atoms with Gasteiger partial charge in [0.25, 0.3) is 0 Å². The number of rotatable bonds is 6. The van der Waals surface area contributed by atoms with Gasteiger partial charge in [0.1, 0.15) is 17.1 Å². The Morgan fingerprint density at radius 3 is 2.33 bits per heavy atom. The second-order valence-corrected chi connectivity index (χ2v) is 13.3. The lowest BCUT2D eigenvalue weighted by atomic mass is 9.51. The second-order valence-electron chi connectivity index (χ2n) is 12.9. The summed E-state index contributed by atoms with van der Waals surface area (Å²) in [6.07, 6.45) is 2.03. The molecule has 7 rings (SSSR count). The van der Waals surface area contributed by atoms with E-state index in [1.807, 2.05) is 6.08 Å². The van der Waals surface area contributed by atoms with Gasteiger partial charge in [-0.2, -0.15) is 0 Å². The minimum atomic E-state index is -1.41. The zero-order valence-electron chi connectivity index (χ0n) is 26.2. The minimum absolute atomic E-state index is 0.0111. The number of allylic oxidation sites excluding steroid dienone is 2. The maximum absolute atomic E-state index is 14.6. The van der Waals surface area contributed by atoms with E-state index in [1.165, 1.54) is 24.3 Å². The smallest absolute Gasteiger partial charge is 0.339 e. The number of carbonyl (C=O) groups is 5. The SMILES string of the molecule is CCOc1cc([C@H]2C3=CC[C@@H]4C(=O)N(c5ccc(C(=O)O)c(O)c5)C(=O)[C@@H]4[C@@H]3C[C@H]3C(=O)N(c4ccc(F)c(Cl)c4)C(=O)[C@@]23C)ccc1O. The van der Waals surface area contributed by atoms with Crippen LogP contribution in [-0.4, -0.2) is 51.5 Å². The van der Waals surface area contributed by atoms with Crippen molar-refractivity contribution in [3.8, 4) is 17.2 Å². The van der Waals surface area contributed by atoms with Crippen molar-refractivity contribution in [3.05, 3.63) is 88.2 Å². The van der Waals surface area contributed by atoms with Crippen LogP contribution in [-0.2, 0) is 19.2 Å². The van der Waals surface area contributed by atoms with E-state index >= 15 is 0 Å². The number of carboxylic acids is 1. The van der Waals surface area contributed by atoms with Crippen molar-refractivity contribution in [3.63, 3.8) is 0 Å². The van der Waals surface area contributed by atoms with Crippen molar-refractivity contribution >= 4 is 52.6 Å². The Balaban J connectivity index is 1.36. The number of carboxylic acid groups (broad SMARTS) is 1. The summed E-state index contributed by atoms with van der Waals surface area (Å²) in [5.74, 6) is -9.08. The molecule has 13 heteroatoms. The molecule has 4 amide bonds. The Labute approximate surface area is 284 Å². The predicted molar refractivity (Wildman–Crippen MR) is 173 cm³/mol. The summed E-state index contributed by atoms with van der Waals surface area (Å²) >= 11 is 6.06. The summed E-state index contributed by atoms with van der Waals surface area (Å²) < 4.78 is 19.8. The van der Waals surface area contributed by atoms with Crippen LogP contribution in [0.2, 0.25) is 5.02 Å². The molecule has 2 heterocycles. The zero-order valence-corrected chi connectivity index (χ0v) is 27.0. The summed E-state index contributed by atoms with van der Waals surface area (Å²) in [5, 5.41) is 29.9. The molecule has 0 spiro atoms. The molecule has 1 saturated carbocycles. The van der Waals surface area contributed by atoms with E-state index in [0.29, 0.717) is 11.1 Å². The van der Waals surface area contributed by atoms with E-state index in [4.69, 9.17) is 16.3 Å². The maximum Gasteiger partial charge on any atom is 0.339 e. The van der Waals surface area contributed by atoms with Gasteiger partial charge >= 0.3 is 5.97 Å². The molecular weight excluding hydrogens is 659 g/mol. The Hall–Kier alpha value is -5.23. The highest BCUT2D eigenvalue weighted by Gasteiger charge is 2.67. The Morgan fingerprint density at radius 2 is 1.65 bits per heavy atom. The fraction of sp³-hybridized carbons (Fsp3) is 0.306. The molecule has 49 heavy (non-hydrogen) atoms. The molecule has 2 aliphatic carbocycles. The van der Waals surface area contributed by atoms with E-state index in [-0.39, 0.29) is 47.3 Å². The number of imide groups is 2. The quantitative estimate of drug-likeness (QED) is 0.227. The number of hydrogen-bond donors (Lipinski definition) is 3. The molecule has 3 aromatic rings. The number of nitrogens with zero attached hydrogens (tertiary/aromatic N) is 2. The Morgan fingerprint density at radius 1 is 0.939 bits per heavy atom. The molecule has 6 atom stereocenters. The molecule has 3 fully saturated rings. The number of halogens is 2. The maximum atomic E-state index is 14.6. The van der Waals surface area contributed by atoms with Crippen LogP contribution in [0.5, 0.6) is 17.2 Å². The normalized spacial score (nSPS) is 27.5. The summed E-state index contributed by atoms with van der Waals surface area (Å²) in [4.78, 5) is 70.4. The monoisotopic (exact) mass is 688 g/mol. The molecule has 0 bridgehead atoms. The van der Waals surface area contributed by atoms with Crippen LogP contribution < -0.4 is 14.5 Å². The third-order valence-corrected chi connectivity index (χ3v) is 10.8. The number of benzene rings is 3. The summed E-state index contributed by atoms with van der Waals surface area (Å²) in [6.45, 7) is 3.67. The van der Waals surface area contributed by atoms with E-state index in [1.54, 1.807) is 26.0 Å². The molecule has 11 nitrogen and oxygen atoms in total. The first-order valence-corrected chi connectivity index (χ1v) is 16.1. The third kappa shape index (κ3) is 4.64. The molecule has 252 valence electrons. The van der Waals surface area contributed by atoms with Gasteiger partial charge in [0.2, 0.25) is 23.6 Å². The van der Waals surface area contributed by atoms with Crippen molar-refractivity contribution in [2.45, 2.75) is 32.6 Å². The van der Waals surface area contributed by atoms with Crippen LogP contribution in [0.4, 0.5) is 15.8 Å². The average Bonchev–Trinajstić information content (AvgIpc) is 3.43. The van der Waals surface area contributed by atoms with E-state index < -0.39 is 81.7 Å². The summed E-state index contributed by atoms with van der Waals surface area (Å²) in [5.41, 5.74) is -0.467. The van der Waals surface area contributed by atoms with Crippen molar-refractivity contribution in [1.29, 1.82) is 0 Å². The fourth-order valence-corrected chi connectivity index (χ4v) is 8.52. The van der Waals surface area contributed by atoms with Crippen LogP contribution >= 0.6 is 11.6 Å². The molecule has 2 saturated heterocycles. The number of phenolic OH excluding ortho intramolecular Hbond substituents is 1. The molecule has 3 N–H and O–H groups in total. The Bertz CT molecular complexity index is 2030. The van der Waals surface area contributed by atoms with Gasteiger partial charge in [0, 0.05) is 12.0 Å². The largest absolute Gasteiger partial charge is 0.507 e. The van der Waals surface area contributed by atoms with Crippen LogP contribution in [0.3, 0.4) is 0 Å². The number of aromatic hydroxyl groups is 2. The first kappa shape index (κ1) is 32.3. The lowest BCUT2D eigenvalue weighted by molar-refractivity contribution is -0.131. The number of aromatic carboxylic acids is 1. The van der Waals surface area contributed by atoms with Crippen molar-refractivity contribution in [2.75, 3.05) is 16.4 Å². The number of anilines is 2. The lowest BCUT2D eigenvalue weighted by Crippen LogP contribution is -2.48. The van der Waals surface area contributed by atoms with Gasteiger partial charge in [-0.15, -0.1) is 0 Å². The highest BCUT2D eigenvalue weighted by molar-refractivity contribution is 6.32. The summed E-state index contributed by atoms with van der Waals surface area (Å²) in [7, 11) is 0. The van der Waals surface area contributed by atoms with Crippen LogP contribution in [0.25, 0.3) is 0 Å². The van der Waals surface area contributed by atoms with Crippen LogP contribution in [0.15, 0.2) is 66.2 Å². The van der Waals surface area contributed by atoms with Crippen LogP contribution in [0, 0.1) is 34.9 Å². The molecule has 0 unspecified atom stereocenters. The molecule has 0 radical (unpaired) electrons. The molecule has 2 aliphatic heterocycles. The highest BCUT2D eigenvalue weighted by atomic mass is 35.5. The molecule has 3 aromatic carbocycles. The van der Waals surface area contributed by atoms with Gasteiger partial charge < -0.3 is 20.1 Å². The number of phenols is 2. The molecule has 4 aliphatic rings. The molecular formula is C36H30ClFN2O9.